The van der Waals surface area contributed by atoms with E-state index in [1.807, 2.05) is 13.8 Å². The molecule has 0 bridgehead atoms. The van der Waals surface area contributed by atoms with Crippen LogP contribution in [0.25, 0.3) is 0 Å². The highest BCUT2D eigenvalue weighted by Gasteiger charge is 2.10. The van der Waals surface area contributed by atoms with Crippen molar-refractivity contribution in [3.05, 3.63) is 58.1 Å². The van der Waals surface area contributed by atoms with Crippen LogP contribution >= 0.6 is 23.2 Å². The van der Waals surface area contributed by atoms with E-state index in [1.165, 1.54) is 0 Å². The number of nitrogens with one attached hydrogen (secondary N) is 2. The van der Waals surface area contributed by atoms with Crippen LogP contribution in [0.4, 0.5) is 5.69 Å². The minimum atomic E-state index is -0.154. The number of amides is 2. The molecule has 2 N–H and O–H groups in total. The standard InChI is InChI=1S/C21H24Cl2N2O3/c1-3-14(2)24-21(27)15-6-4-7-17(12-15)25-20(26)8-5-11-28-19-10-9-16(22)13-18(19)23/h4,6-7,9-10,12-14H,3,5,8,11H2,1-2H3,(H,24,27)(H,25,26). The molecular weight excluding hydrogens is 399 g/mol. The Bertz CT molecular complexity index is 827. The molecule has 2 rings (SSSR count). The van der Waals surface area contributed by atoms with E-state index < -0.39 is 0 Å². The van der Waals surface area contributed by atoms with Gasteiger partial charge >= 0.3 is 0 Å². The average molecular weight is 423 g/mol. The molecule has 5 nitrogen and oxygen atoms in total. The number of rotatable bonds is 9. The number of carbonyl (C=O) groups is 2. The van der Waals surface area contributed by atoms with Crippen molar-refractivity contribution < 1.29 is 14.3 Å². The summed E-state index contributed by atoms with van der Waals surface area (Å²) < 4.78 is 5.57. The van der Waals surface area contributed by atoms with Crippen LogP contribution in [-0.2, 0) is 4.79 Å². The van der Waals surface area contributed by atoms with Gasteiger partial charge in [0.2, 0.25) is 5.91 Å². The van der Waals surface area contributed by atoms with Crippen LogP contribution in [0.2, 0.25) is 10.0 Å². The van der Waals surface area contributed by atoms with Crippen LogP contribution in [0, 0.1) is 0 Å². The quantitative estimate of drug-likeness (QED) is 0.537. The van der Waals surface area contributed by atoms with Gasteiger partial charge in [0.05, 0.1) is 11.6 Å². The molecule has 7 heteroatoms. The third-order valence-electron chi connectivity index (χ3n) is 4.10. The Hall–Kier alpha value is -2.24. The Balaban J connectivity index is 1.79. The largest absolute Gasteiger partial charge is 0.492 e. The highest BCUT2D eigenvalue weighted by atomic mass is 35.5. The Morgan fingerprint density at radius 3 is 2.64 bits per heavy atom. The molecule has 2 amide bonds. The van der Waals surface area contributed by atoms with Crippen LogP contribution in [0.5, 0.6) is 5.75 Å². The van der Waals surface area contributed by atoms with Gasteiger partial charge in [0.1, 0.15) is 5.75 Å². The Labute approximate surface area is 175 Å². The van der Waals surface area contributed by atoms with Gasteiger partial charge in [-0.25, -0.2) is 0 Å². The normalized spacial score (nSPS) is 11.6. The first-order valence-electron chi connectivity index (χ1n) is 9.17. The van der Waals surface area contributed by atoms with Crippen molar-refractivity contribution in [3.8, 4) is 5.75 Å². The summed E-state index contributed by atoms with van der Waals surface area (Å²) in [5.74, 6) is 0.232. The molecule has 0 aliphatic heterocycles. The van der Waals surface area contributed by atoms with Gasteiger partial charge in [-0.1, -0.05) is 36.2 Å². The molecule has 0 saturated carbocycles. The van der Waals surface area contributed by atoms with Gasteiger partial charge in [0.15, 0.2) is 0 Å². The van der Waals surface area contributed by atoms with E-state index in [-0.39, 0.29) is 24.3 Å². The number of hydrogen-bond donors (Lipinski definition) is 2. The number of hydrogen-bond acceptors (Lipinski definition) is 3. The molecule has 0 saturated heterocycles. The summed E-state index contributed by atoms with van der Waals surface area (Å²) in [5, 5.41) is 6.68. The van der Waals surface area contributed by atoms with E-state index in [9.17, 15) is 9.59 Å². The first-order valence-corrected chi connectivity index (χ1v) is 9.93. The van der Waals surface area contributed by atoms with E-state index >= 15 is 0 Å². The van der Waals surface area contributed by atoms with Crippen LogP contribution in [0.3, 0.4) is 0 Å². The molecule has 2 aromatic carbocycles. The van der Waals surface area contributed by atoms with E-state index in [0.29, 0.717) is 40.1 Å². The minimum Gasteiger partial charge on any atom is -0.492 e. The van der Waals surface area contributed by atoms with Gasteiger partial charge in [0, 0.05) is 28.7 Å². The molecule has 1 atom stereocenters. The Morgan fingerprint density at radius 2 is 1.93 bits per heavy atom. The highest BCUT2D eigenvalue weighted by molar-refractivity contribution is 6.35. The third kappa shape index (κ3) is 7.06. The first-order chi connectivity index (χ1) is 13.4. The second kappa shape index (κ2) is 10.9. The Morgan fingerprint density at radius 1 is 1.14 bits per heavy atom. The topological polar surface area (TPSA) is 67.4 Å². The highest BCUT2D eigenvalue weighted by Crippen LogP contribution is 2.27. The average Bonchev–Trinajstić information content (AvgIpc) is 2.66. The molecule has 28 heavy (non-hydrogen) atoms. The maximum Gasteiger partial charge on any atom is 0.251 e. The predicted molar refractivity (Wildman–Crippen MR) is 113 cm³/mol. The summed E-state index contributed by atoms with van der Waals surface area (Å²) in [6, 6.07) is 12.0. The van der Waals surface area contributed by atoms with Gasteiger partial charge in [0.25, 0.3) is 5.91 Å². The number of anilines is 1. The fourth-order valence-corrected chi connectivity index (χ4v) is 2.84. The number of ether oxygens (including phenoxy) is 1. The predicted octanol–water partition coefficient (Wildman–Crippen LogP) is 5.32. The van der Waals surface area contributed by atoms with Crippen LogP contribution < -0.4 is 15.4 Å². The molecule has 2 aromatic rings. The van der Waals surface area contributed by atoms with Gasteiger partial charge in [-0.3, -0.25) is 9.59 Å². The van der Waals surface area contributed by atoms with Crippen molar-refractivity contribution in [1.82, 2.24) is 5.32 Å². The monoisotopic (exact) mass is 422 g/mol. The lowest BCUT2D eigenvalue weighted by Gasteiger charge is -2.12. The van der Waals surface area contributed by atoms with Gasteiger partial charge < -0.3 is 15.4 Å². The molecule has 0 spiro atoms. The third-order valence-corrected chi connectivity index (χ3v) is 4.63. The van der Waals surface area contributed by atoms with Crippen molar-refractivity contribution in [1.29, 1.82) is 0 Å². The lowest BCUT2D eigenvalue weighted by Crippen LogP contribution is -2.31. The SMILES string of the molecule is CCC(C)NC(=O)c1cccc(NC(=O)CCCOc2ccc(Cl)cc2Cl)c1. The van der Waals surface area contributed by atoms with Crippen LogP contribution in [0.1, 0.15) is 43.5 Å². The zero-order valence-electron chi connectivity index (χ0n) is 15.9. The lowest BCUT2D eigenvalue weighted by atomic mass is 10.1. The van der Waals surface area contributed by atoms with Crippen molar-refractivity contribution in [2.24, 2.45) is 0 Å². The van der Waals surface area contributed by atoms with Crippen molar-refractivity contribution in [2.45, 2.75) is 39.2 Å². The zero-order chi connectivity index (χ0) is 20.5. The maximum atomic E-state index is 12.2. The van der Waals surface area contributed by atoms with Gasteiger partial charge in [-0.2, -0.15) is 0 Å². The lowest BCUT2D eigenvalue weighted by molar-refractivity contribution is -0.116. The summed E-state index contributed by atoms with van der Waals surface area (Å²) in [7, 11) is 0. The van der Waals surface area contributed by atoms with Gasteiger partial charge in [-0.05, 0) is 56.2 Å². The van der Waals surface area contributed by atoms with Crippen molar-refractivity contribution in [3.63, 3.8) is 0 Å². The van der Waals surface area contributed by atoms with E-state index in [4.69, 9.17) is 27.9 Å². The number of halogens is 2. The minimum absolute atomic E-state index is 0.0971. The number of carbonyl (C=O) groups excluding carboxylic acids is 2. The van der Waals surface area contributed by atoms with Crippen molar-refractivity contribution in [2.75, 3.05) is 11.9 Å². The van der Waals surface area contributed by atoms with Crippen molar-refractivity contribution >= 4 is 40.7 Å². The number of benzene rings is 2. The molecule has 0 heterocycles. The van der Waals surface area contributed by atoms with E-state index in [1.54, 1.807) is 42.5 Å². The zero-order valence-corrected chi connectivity index (χ0v) is 17.4. The molecule has 0 radical (unpaired) electrons. The van der Waals surface area contributed by atoms with Gasteiger partial charge in [-0.15, -0.1) is 0 Å². The summed E-state index contributed by atoms with van der Waals surface area (Å²) in [5.41, 5.74) is 1.10. The smallest absolute Gasteiger partial charge is 0.251 e. The fraction of sp³-hybridized carbons (Fsp3) is 0.333. The molecule has 0 aliphatic carbocycles. The second-order valence-corrected chi connectivity index (χ2v) is 7.28. The molecule has 150 valence electrons. The van der Waals surface area contributed by atoms with Crippen LogP contribution in [-0.4, -0.2) is 24.5 Å². The van der Waals surface area contributed by atoms with E-state index in [0.717, 1.165) is 6.42 Å². The summed E-state index contributed by atoms with van der Waals surface area (Å²) in [6.07, 6.45) is 1.67. The molecule has 0 aromatic heterocycles. The fourth-order valence-electron chi connectivity index (χ4n) is 2.38. The second-order valence-electron chi connectivity index (χ2n) is 6.44. The Kier molecular flexibility index (Phi) is 8.61. The molecule has 1 unspecified atom stereocenters. The first kappa shape index (κ1) is 22.1. The van der Waals surface area contributed by atoms with Crippen LogP contribution in [0.15, 0.2) is 42.5 Å². The summed E-state index contributed by atoms with van der Waals surface area (Å²) in [4.78, 5) is 24.3. The molecular formula is C21H24Cl2N2O3. The maximum absolute atomic E-state index is 12.2. The van der Waals surface area contributed by atoms with E-state index in [2.05, 4.69) is 10.6 Å². The summed E-state index contributed by atoms with van der Waals surface area (Å²) in [6.45, 7) is 4.31. The molecule has 0 fully saturated rings. The summed E-state index contributed by atoms with van der Waals surface area (Å²) >= 11 is 11.9. The molecule has 0 aliphatic rings.